The molecule has 0 bridgehead atoms. The lowest BCUT2D eigenvalue weighted by molar-refractivity contribution is -0.138. The fourth-order valence-corrected chi connectivity index (χ4v) is 2.06. The van der Waals surface area contributed by atoms with Crippen molar-refractivity contribution in [1.82, 2.24) is 4.98 Å². The van der Waals surface area contributed by atoms with Crippen LogP contribution in [-0.2, 0) is 9.53 Å². The standard InChI is InChI=1S/C18H20N2O5/c1-12(18(22)23)13-3-5-15(6-4-13)20-17(21)14-7-8-19-16(11-14)25-10-9-24-2/h3-8,11-12H,9-10H2,1-2H3,(H,20,21)(H,22,23). The van der Waals surface area contributed by atoms with Gasteiger partial charge in [-0.2, -0.15) is 0 Å². The van der Waals surface area contributed by atoms with E-state index in [1.165, 1.54) is 6.20 Å². The first kappa shape index (κ1) is 18.4. The smallest absolute Gasteiger partial charge is 0.310 e. The first-order valence-corrected chi connectivity index (χ1v) is 7.73. The van der Waals surface area contributed by atoms with Crippen LogP contribution in [0.15, 0.2) is 42.6 Å². The second kappa shape index (κ2) is 8.79. The van der Waals surface area contributed by atoms with Gasteiger partial charge in [-0.1, -0.05) is 12.1 Å². The third kappa shape index (κ3) is 5.29. The van der Waals surface area contributed by atoms with Crippen molar-refractivity contribution >= 4 is 17.6 Å². The van der Waals surface area contributed by atoms with Crippen molar-refractivity contribution in [2.24, 2.45) is 0 Å². The molecule has 1 heterocycles. The van der Waals surface area contributed by atoms with Gasteiger partial charge in [-0.25, -0.2) is 4.98 Å². The summed E-state index contributed by atoms with van der Waals surface area (Å²) < 4.78 is 10.3. The molecule has 0 radical (unpaired) electrons. The molecular weight excluding hydrogens is 324 g/mol. The number of carbonyl (C=O) groups is 2. The summed E-state index contributed by atoms with van der Waals surface area (Å²) >= 11 is 0. The van der Waals surface area contributed by atoms with E-state index < -0.39 is 11.9 Å². The van der Waals surface area contributed by atoms with Gasteiger partial charge in [-0.3, -0.25) is 9.59 Å². The predicted molar refractivity (Wildman–Crippen MR) is 92.1 cm³/mol. The van der Waals surface area contributed by atoms with E-state index >= 15 is 0 Å². The molecule has 7 heteroatoms. The zero-order valence-corrected chi connectivity index (χ0v) is 14.1. The number of anilines is 1. The Bertz CT molecular complexity index is 731. The van der Waals surface area contributed by atoms with Crippen molar-refractivity contribution in [2.45, 2.75) is 12.8 Å². The number of aliphatic carboxylic acids is 1. The minimum atomic E-state index is -0.894. The lowest BCUT2D eigenvalue weighted by atomic mass is 10.0. The largest absolute Gasteiger partial charge is 0.481 e. The van der Waals surface area contributed by atoms with Gasteiger partial charge in [0, 0.05) is 30.6 Å². The Kier molecular flexibility index (Phi) is 6.47. The number of nitrogens with one attached hydrogen (secondary N) is 1. The van der Waals surface area contributed by atoms with Crippen molar-refractivity contribution < 1.29 is 24.2 Å². The molecule has 1 atom stereocenters. The molecule has 25 heavy (non-hydrogen) atoms. The molecule has 0 fully saturated rings. The van der Waals surface area contributed by atoms with Gasteiger partial charge >= 0.3 is 5.97 Å². The maximum absolute atomic E-state index is 12.3. The van der Waals surface area contributed by atoms with Crippen molar-refractivity contribution in [3.8, 4) is 5.88 Å². The summed E-state index contributed by atoms with van der Waals surface area (Å²) in [6.45, 7) is 2.38. The number of ether oxygens (including phenoxy) is 2. The Morgan fingerprint density at radius 2 is 1.92 bits per heavy atom. The number of hydrogen-bond acceptors (Lipinski definition) is 5. The summed E-state index contributed by atoms with van der Waals surface area (Å²) in [5.74, 6) is -1.46. The van der Waals surface area contributed by atoms with Crippen LogP contribution in [0.4, 0.5) is 5.69 Å². The highest BCUT2D eigenvalue weighted by molar-refractivity contribution is 6.04. The number of rotatable bonds is 8. The molecule has 2 N–H and O–H groups in total. The molecule has 0 spiro atoms. The van der Waals surface area contributed by atoms with Crippen molar-refractivity contribution in [3.63, 3.8) is 0 Å². The molecule has 132 valence electrons. The van der Waals surface area contributed by atoms with Crippen LogP contribution in [0, 0.1) is 0 Å². The van der Waals surface area contributed by atoms with E-state index in [2.05, 4.69) is 10.3 Å². The lowest BCUT2D eigenvalue weighted by Crippen LogP contribution is -2.13. The number of nitrogens with zero attached hydrogens (tertiary/aromatic N) is 1. The first-order chi connectivity index (χ1) is 12.0. The van der Waals surface area contributed by atoms with Gasteiger partial charge in [0.15, 0.2) is 0 Å². The van der Waals surface area contributed by atoms with Gasteiger partial charge in [-0.05, 0) is 30.7 Å². The molecule has 0 aliphatic heterocycles. The monoisotopic (exact) mass is 344 g/mol. The predicted octanol–water partition coefficient (Wildman–Crippen LogP) is 2.55. The number of carboxylic acid groups (broad SMARTS) is 1. The van der Waals surface area contributed by atoms with Crippen molar-refractivity contribution in [1.29, 1.82) is 0 Å². The maximum Gasteiger partial charge on any atom is 0.310 e. The van der Waals surface area contributed by atoms with Gasteiger partial charge in [0.05, 0.1) is 12.5 Å². The van der Waals surface area contributed by atoms with E-state index in [1.54, 1.807) is 50.4 Å². The van der Waals surface area contributed by atoms with E-state index in [0.29, 0.717) is 35.9 Å². The third-order valence-corrected chi connectivity index (χ3v) is 3.57. The van der Waals surface area contributed by atoms with Crippen LogP contribution >= 0.6 is 0 Å². The van der Waals surface area contributed by atoms with Crippen molar-refractivity contribution in [2.75, 3.05) is 25.6 Å². The van der Waals surface area contributed by atoms with Crippen LogP contribution in [0.5, 0.6) is 5.88 Å². The number of carbonyl (C=O) groups excluding carboxylic acids is 1. The maximum atomic E-state index is 12.3. The van der Waals surface area contributed by atoms with Gasteiger partial charge < -0.3 is 19.9 Å². The van der Waals surface area contributed by atoms with Gasteiger partial charge in [0.2, 0.25) is 5.88 Å². The zero-order chi connectivity index (χ0) is 18.2. The first-order valence-electron chi connectivity index (χ1n) is 7.73. The van der Waals surface area contributed by atoms with Crippen LogP contribution in [0.1, 0.15) is 28.8 Å². The van der Waals surface area contributed by atoms with Crippen LogP contribution < -0.4 is 10.1 Å². The highest BCUT2D eigenvalue weighted by Crippen LogP contribution is 2.19. The van der Waals surface area contributed by atoms with Crippen LogP contribution in [0.3, 0.4) is 0 Å². The molecule has 1 aromatic carbocycles. The summed E-state index contributed by atoms with van der Waals surface area (Å²) in [7, 11) is 1.57. The number of aromatic nitrogens is 1. The molecule has 7 nitrogen and oxygen atoms in total. The average Bonchev–Trinajstić information content (AvgIpc) is 2.62. The molecular formula is C18H20N2O5. The Balaban J connectivity index is 2.02. The van der Waals surface area contributed by atoms with E-state index in [-0.39, 0.29) is 5.91 Å². The molecule has 1 amide bonds. The Morgan fingerprint density at radius 1 is 1.20 bits per heavy atom. The highest BCUT2D eigenvalue weighted by atomic mass is 16.5. The number of benzene rings is 1. The SMILES string of the molecule is COCCOc1cc(C(=O)Nc2ccc(C(C)C(=O)O)cc2)ccn1. The van der Waals surface area contributed by atoms with E-state index in [9.17, 15) is 9.59 Å². The summed E-state index contributed by atoms with van der Waals surface area (Å²) in [5.41, 5.74) is 1.65. The minimum absolute atomic E-state index is 0.307. The summed E-state index contributed by atoms with van der Waals surface area (Å²) in [6.07, 6.45) is 1.49. The zero-order valence-electron chi connectivity index (χ0n) is 14.1. The van der Waals surface area contributed by atoms with Crippen LogP contribution in [0.2, 0.25) is 0 Å². The van der Waals surface area contributed by atoms with Crippen molar-refractivity contribution in [3.05, 3.63) is 53.7 Å². The number of pyridine rings is 1. The molecule has 1 aromatic heterocycles. The molecule has 2 aromatic rings. The van der Waals surface area contributed by atoms with Gasteiger partial charge in [0.1, 0.15) is 6.61 Å². The fourth-order valence-electron chi connectivity index (χ4n) is 2.06. The topological polar surface area (TPSA) is 97.8 Å². The summed E-state index contributed by atoms with van der Waals surface area (Å²) in [6, 6.07) is 9.83. The quantitative estimate of drug-likeness (QED) is 0.714. The Morgan fingerprint density at radius 3 is 2.56 bits per heavy atom. The molecule has 0 saturated heterocycles. The Hall–Kier alpha value is -2.93. The summed E-state index contributed by atoms with van der Waals surface area (Å²) in [4.78, 5) is 27.3. The lowest BCUT2D eigenvalue weighted by Gasteiger charge is -2.10. The molecule has 0 aliphatic rings. The van der Waals surface area contributed by atoms with Crippen LogP contribution in [-0.4, -0.2) is 42.3 Å². The number of hydrogen-bond donors (Lipinski definition) is 2. The number of methoxy groups -OCH3 is 1. The highest BCUT2D eigenvalue weighted by Gasteiger charge is 2.14. The Labute approximate surface area is 145 Å². The number of carboxylic acids is 1. The van der Waals surface area contributed by atoms with E-state index in [4.69, 9.17) is 14.6 Å². The third-order valence-electron chi connectivity index (χ3n) is 3.57. The average molecular weight is 344 g/mol. The van der Waals surface area contributed by atoms with E-state index in [1.807, 2.05) is 0 Å². The van der Waals surface area contributed by atoms with Gasteiger partial charge in [-0.15, -0.1) is 0 Å². The number of amides is 1. The fraction of sp³-hybridized carbons (Fsp3) is 0.278. The molecule has 2 rings (SSSR count). The summed E-state index contributed by atoms with van der Waals surface area (Å²) in [5, 5.41) is 11.8. The normalized spacial score (nSPS) is 11.6. The second-order valence-corrected chi connectivity index (χ2v) is 5.36. The molecule has 1 unspecified atom stereocenters. The molecule has 0 aliphatic carbocycles. The second-order valence-electron chi connectivity index (χ2n) is 5.36. The minimum Gasteiger partial charge on any atom is -0.481 e. The van der Waals surface area contributed by atoms with E-state index in [0.717, 1.165) is 0 Å². The van der Waals surface area contributed by atoms with Gasteiger partial charge in [0.25, 0.3) is 5.91 Å². The molecule has 0 saturated carbocycles. The van der Waals surface area contributed by atoms with Crippen LogP contribution in [0.25, 0.3) is 0 Å².